The predicted molar refractivity (Wildman–Crippen MR) is 130 cm³/mol. The van der Waals surface area contributed by atoms with E-state index in [1.807, 2.05) is 37.3 Å². The third-order valence-corrected chi connectivity index (χ3v) is 6.64. The van der Waals surface area contributed by atoms with Crippen LogP contribution in [0, 0.1) is 12.8 Å². The standard InChI is InChI=1S/C24H33N5O2S/c1-4-13-25-24(31)19-11-14-29(15-12-19)20-9-10-22(28-27-20)32-16-21(30)26-23-17(3)7-6-8-18(23)5-2/h6-10,19H,4-5,11-16H2,1-3H3,(H,25,31)(H,26,30). The first-order valence-electron chi connectivity index (χ1n) is 11.4. The zero-order valence-electron chi connectivity index (χ0n) is 19.2. The highest BCUT2D eigenvalue weighted by molar-refractivity contribution is 7.99. The van der Waals surface area contributed by atoms with E-state index >= 15 is 0 Å². The Kier molecular flexibility index (Phi) is 8.90. The quantitative estimate of drug-likeness (QED) is 0.559. The number of para-hydroxylation sites is 1. The van der Waals surface area contributed by atoms with E-state index in [1.165, 1.54) is 11.8 Å². The van der Waals surface area contributed by atoms with Crippen molar-refractivity contribution in [1.29, 1.82) is 0 Å². The summed E-state index contributed by atoms with van der Waals surface area (Å²) in [6, 6.07) is 9.92. The maximum Gasteiger partial charge on any atom is 0.234 e. The van der Waals surface area contributed by atoms with Crippen LogP contribution in [0.2, 0.25) is 0 Å². The van der Waals surface area contributed by atoms with Gasteiger partial charge in [-0.05, 0) is 55.9 Å². The Bertz CT molecular complexity index is 911. The molecule has 0 aliphatic carbocycles. The van der Waals surface area contributed by atoms with Crippen LogP contribution in [0.5, 0.6) is 0 Å². The van der Waals surface area contributed by atoms with Crippen molar-refractivity contribution in [1.82, 2.24) is 15.5 Å². The number of hydrogen-bond donors (Lipinski definition) is 2. The number of nitrogens with one attached hydrogen (secondary N) is 2. The van der Waals surface area contributed by atoms with E-state index in [4.69, 9.17) is 0 Å². The molecule has 2 amide bonds. The summed E-state index contributed by atoms with van der Waals surface area (Å²) >= 11 is 1.38. The zero-order chi connectivity index (χ0) is 22.9. The summed E-state index contributed by atoms with van der Waals surface area (Å²) in [7, 11) is 0. The number of carbonyl (C=O) groups is 2. The number of aromatic nitrogens is 2. The number of rotatable bonds is 9. The van der Waals surface area contributed by atoms with Crippen LogP contribution >= 0.6 is 11.8 Å². The molecule has 2 N–H and O–H groups in total. The second-order valence-corrected chi connectivity index (χ2v) is 9.08. The predicted octanol–water partition coefficient (Wildman–Crippen LogP) is 3.82. The Morgan fingerprint density at radius 1 is 1.12 bits per heavy atom. The highest BCUT2D eigenvalue weighted by Crippen LogP contribution is 2.24. The van der Waals surface area contributed by atoms with Gasteiger partial charge in [0.1, 0.15) is 5.03 Å². The fraction of sp³-hybridized carbons (Fsp3) is 0.500. The van der Waals surface area contributed by atoms with E-state index in [9.17, 15) is 9.59 Å². The van der Waals surface area contributed by atoms with Gasteiger partial charge in [-0.1, -0.05) is 43.8 Å². The van der Waals surface area contributed by atoms with Gasteiger partial charge in [-0.25, -0.2) is 0 Å². The van der Waals surface area contributed by atoms with Gasteiger partial charge in [-0.15, -0.1) is 10.2 Å². The number of piperidine rings is 1. The molecule has 172 valence electrons. The molecule has 0 spiro atoms. The first-order chi connectivity index (χ1) is 15.5. The minimum Gasteiger partial charge on any atom is -0.356 e. The molecule has 3 rings (SSSR count). The lowest BCUT2D eigenvalue weighted by molar-refractivity contribution is -0.125. The fourth-order valence-corrected chi connectivity index (χ4v) is 4.45. The van der Waals surface area contributed by atoms with Crippen molar-refractivity contribution in [2.45, 2.75) is 51.5 Å². The van der Waals surface area contributed by atoms with Crippen LogP contribution in [0.15, 0.2) is 35.4 Å². The first kappa shape index (κ1) is 24.0. The molecular formula is C24H33N5O2S. The van der Waals surface area contributed by atoms with Gasteiger partial charge in [0.25, 0.3) is 0 Å². The van der Waals surface area contributed by atoms with Crippen LogP contribution < -0.4 is 15.5 Å². The van der Waals surface area contributed by atoms with E-state index in [0.717, 1.165) is 73.0 Å². The fourth-order valence-electron chi connectivity index (χ4n) is 3.84. The van der Waals surface area contributed by atoms with Gasteiger partial charge in [-0.2, -0.15) is 0 Å². The van der Waals surface area contributed by atoms with Gasteiger partial charge in [0, 0.05) is 31.2 Å². The Labute approximate surface area is 194 Å². The topological polar surface area (TPSA) is 87.2 Å². The summed E-state index contributed by atoms with van der Waals surface area (Å²) in [6.45, 7) is 8.48. The van der Waals surface area contributed by atoms with Gasteiger partial charge in [0.15, 0.2) is 5.82 Å². The highest BCUT2D eigenvalue weighted by Gasteiger charge is 2.25. The molecule has 8 heteroatoms. The average Bonchev–Trinajstić information content (AvgIpc) is 2.83. The molecule has 1 aliphatic heterocycles. The Morgan fingerprint density at radius 3 is 2.56 bits per heavy atom. The molecule has 32 heavy (non-hydrogen) atoms. The molecular weight excluding hydrogens is 422 g/mol. The number of thioether (sulfide) groups is 1. The Balaban J connectivity index is 1.47. The monoisotopic (exact) mass is 455 g/mol. The average molecular weight is 456 g/mol. The third kappa shape index (κ3) is 6.45. The molecule has 1 fully saturated rings. The van der Waals surface area contributed by atoms with Crippen LogP contribution in [0.4, 0.5) is 11.5 Å². The van der Waals surface area contributed by atoms with Crippen LogP contribution in [0.1, 0.15) is 44.2 Å². The van der Waals surface area contributed by atoms with Gasteiger partial charge < -0.3 is 15.5 Å². The second-order valence-electron chi connectivity index (χ2n) is 8.08. The molecule has 0 radical (unpaired) electrons. The number of amides is 2. The molecule has 1 aliphatic rings. The lowest BCUT2D eigenvalue weighted by Gasteiger charge is -2.31. The third-order valence-electron chi connectivity index (χ3n) is 5.72. The van der Waals surface area contributed by atoms with Crippen molar-refractivity contribution in [2.24, 2.45) is 5.92 Å². The summed E-state index contributed by atoms with van der Waals surface area (Å²) in [5.74, 6) is 1.30. The molecule has 1 aromatic heterocycles. The maximum absolute atomic E-state index is 12.5. The summed E-state index contributed by atoms with van der Waals surface area (Å²) in [5, 5.41) is 15.4. The van der Waals surface area contributed by atoms with Crippen molar-refractivity contribution in [3.63, 3.8) is 0 Å². The summed E-state index contributed by atoms with van der Waals surface area (Å²) in [5.41, 5.74) is 3.12. The minimum absolute atomic E-state index is 0.0479. The molecule has 2 heterocycles. The van der Waals surface area contributed by atoms with Gasteiger partial charge in [0.05, 0.1) is 5.75 Å². The van der Waals surface area contributed by atoms with Crippen LogP contribution in [-0.4, -0.2) is 47.4 Å². The normalized spacial score (nSPS) is 14.3. The van der Waals surface area contributed by atoms with E-state index in [2.05, 4.69) is 39.6 Å². The molecule has 0 bridgehead atoms. The Morgan fingerprint density at radius 2 is 1.91 bits per heavy atom. The highest BCUT2D eigenvalue weighted by atomic mass is 32.2. The largest absolute Gasteiger partial charge is 0.356 e. The number of anilines is 2. The first-order valence-corrected chi connectivity index (χ1v) is 12.4. The van der Waals surface area contributed by atoms with Crippen molar-refractivity contribution in [2.75, 3.05) is 35.6 Å². The van der Waals surface area contributed by atoms with Gasteiger partial charge in [-0.3, -0.25) is 9.59 Å². The summed E-state index contributed by atoms with van der Waals surface area (Å²) < 4.78 is 0. The number of aryl methyl sites for hydroxylation is 2. The van der Waals surface area contributed by atoms with Crippen molar-refractivity contribution in [3.8, 4) is 0 Å². The van der Waals surface area contributed by atoms with Crippen LogP contribution in [0.3, 0.4) is 0 Å². The molecule has 1 saturated heterocycles. The van der Waals surface area contributed by atoms with E-state index in [0.29, 0.717) is 0 Å². The number of carbonyl (C=O) groups excluding carboxylic acids is 2. The molecule has 2 aromatic rings. The zero-order valence-corrected chi connectivity index (χ0v) is 20.0. The SMILES string of the molecule is CCCNC(=O)C1CCN(c2ccc(SCC(=O)Nc3c(C)cccc3CC)nn2)CC1. The molecule has 1 aromatic carbocycles. The lowest BCUT2D eigenvalue weighted by atomic mass is 9.96. The van der Waals surface area contributed by atoms with Crippen molar-refractivity contribution in [3.05, 3.63) is 41.5 Å². The molecule has 0 unspecified atom stereocenters. The number of benzene rings is 1. The molecule has 7 nitrogen and oxygen atoms in total. The summed E-state index contributed by atoms with van der Waals surface area (Å²) in [6.07, 6.45) is 3.48. The summed E-state index contributed by atoms with van der Waals surface area (Å²) in [4.78, 5) is 26.8. The Hall–Kier alpha value is -2.61. The second kappa shape index (κ2) is 11.9. The van der Waals surface area contributed by atoms with Crippen molar-refractivity contribution < 1.29 is 9.59 Å². The maximum atomic E-state index is 12.5. The van der Waals surface area contributed by atoms with Gasteiger partial charge >= 0.3 is 0 Å². The smallest absolute Gasteiger partial charge is 0.234 e. The van der Waals surface area contributed by atoms with Crippen LogP contribution in [0.25, 0.3) is 0 Å². The van der Waals surface area contributed by atoms with Gasteiger partial charge in [0.2, 0.25) is 11.8 Å². The van der Waals surface area contributed by atoms with E-state index in [1.54, 1.807) is 0 Å². The van der Waals surface area contributed by atoms with Crippen molar-refractivity contribution >= 4 is 35.1 Å². The minimum atomic E-state index is -0.0479. The number of nitrogens with zero attached hydrogens (tertiary/aromatic N) is 3. The molecule has 0 atom stereocenters. The lowest BCUT2D eigenvalue weighted by Crippen LogP contribution is -2.41. The van der Waals surface area contributed by atoms with Crippen LogP contribution in [-0.2, 0) is 16.0 Å². The van der Waals surface area contributed by atoms with E-state index < -0.39 is 0 Å². The number of hydrogen-bond acceptors (Lipinski definition) is 6. The molecule has 0 saturated carbocycles. The van der Waals surface area contributed by atoms with E-state index in [-0.39, 0.29) is 23.5 Å².